The second-order valence-electron chi connectivity index (χ2n) is 8.31. The summed E-state index contributed by atoms with van der Waals surface area (Å²) in [5.74, 6) is 1.41. The molecular formula is C20H30Cl2N2O. The summed E-state index contributed by atoms with van der Waals surface area (Å²) in [6, 6.07) is 8.21. The lowest BCUT2D eigenvalue weighted by Crippen LogP contribution is -2.50. The highest BCUT2D eigenvalue weighted by atomic mass is 35.5. The first-order valence-corrected chi connectivity index (χ1v) is 9.54. The molecule has 2 bridgehead atoms. The van der Waals surface area contributed by atoms with Crippen molar-refractivity contribution >= 4 is 29.9 Å². The zero-order valence-electron chi connectivity index (χ0n) is 15.1. The lowest BCUT2D eigenvalue weighted by Gasteiger charge is -2.43. The van der Waals surface area contributed by atoms with Gasteiger partial charge in [0.1, 0.15) is 0 Å². The fourth-order valence-corrected chi connectivity index (χ4v) is 4.66. The number of rotatable bonds is 4. The molecule has 2 atom stereocenters. The minimum atomic E-state index is -0.137. The van der Waals surface area contributed by atoms with E-state index in [1.54, 1.807) is 0 Å². The summed E-state index contributed by atoms with van der Waals surface area (Å²) in [5.41, 5.74) is 7.35. The van der Waals surface area contributed by atoms with Crippen molar-refractivity contribution in [3.8, 4) is 0 Å². The van der Waals surface area contributed by atoms with Crippen LogP contribution in [0.3, 0.4) is 0 Å². The van der Waals surface area contributed by atoms with Gasteiger partial charge in [0.05, 0.1) is 0 Å². The van der Waals surface area contributed by atoms with Crippen LogP contribution in [0.25, 0.3) is 0 Å². The van der Waals surface area contributed by atoms with Crippen molar-refractivity contribution in [2.24, 2.45) is 23.5 Å². The van der Waals surface area contributed by atoms with Gasteiger partial charge in [0.2, 0.25) is 5.91 Å². The first kappa shape index (κ1) is 20.5. The highest BCUT2D eigenvalue weighted by molar-refractivity contribution is 6.30. The molecule has 2 fully saturated rings. The molecule has 3 rings (SSSR count). The van der Waals surface area contributed by atoms with Crippen LogP contribution in [0.2, 0.25) is 5.02 Å². The number of halogens is 2. The van der Waals surface area contributed by atoms with Crippen LogP contribution < -0.4 is 11.1 Å². The van der Waals surface area contributed by atoms with Crippen molar-refractivity contribution < 1.29 is 4.79 Å². The predicted octanol–water partition coefficient (Wildman–Crippen LogP) is 4.31. The Morgan fingerprint density at radius 1 is 1.28 bits per heavy atom. The lowest BCUT2D eigenvalue weighted by molar-refractivity contribution is -0.128. The number of hydrogen-bond acceptors (Lipinski definition) is 2. The molecule has 3 nitrogen and oxygen atoms in total. The molecule has 0 radical (unpaired) electrons. The third-order valence-corrected chi connectivity index (χ3v) is 6.33. The van der Waals surface area contributed by atoms with Gasteiger partial charge in [-0.15, -0.1) is 12.4 Å². The number of nitrogens with two attached hydrogens (primary N) is 1. The maximum absolute atomic E-state index is 12.7. The van der Waals surface area contributed by atoms with Gasteiger partial charge < -0.3 is 11.1 Å². The average Bonchev–Trinajstić information content (AvgIpc) is 2.52. The summed E-state index contributed by atoms with van der Waals surface area (Å²) in [5, 5.41) is 3.93. The number of hydrogen-bond donors (Lipinski definition) is 2. The first-order valence-electron chi connectivity index (χ1n) is 9.16. The Labute approximate surface area is 162 Å². The van der Waals surface area contributed by atoms with Crippen LogP contribution >= 0.6 is 24.0 Å². The molecule has 2 saturated carbocycles. The third-order valence-electron chi connectivity index (χ3n) is 6.09. The smallest absolute Gasteiger partial charge is 0.223 e. The van der Waals surface area contributed by atoms with E-state index < -0.39 is 0 Å². The molecule has 2 unspecified atom stereocenters. The summed E-state index contributed by atoms with van der Waals surface area (Å²) in [7, 11) is 0. The first-order chi connectivity index (χ1) is 11.4. The molecule has 0 aromatic heterocycles. The van der Waals surface area contributed by atoms with Crippen LogP contribution in [0.5, 0.6) is 0 Å². The van der Waals surface area contributed by atoms with Gasteiger partial charge in [0, 0.05) is 28.9 Å². The van der Waals surface area contributed by atoms with Crippen molar-refractivity contribution in [2.75, 3.05) is 6.54 Å². The maximum Gasteiger partial charge on any atom is 0.223 e. The summed E-state index contributed by atoms with van der Waals surface area (Å²) in [6.45, 7) is 4.92. The SMILES string of the molecule is CC(C)(CNC(=O)C1CC2CCCC(C1)C2N)c1cccc(Cl)c1.Cl. The molecular weight excluding hydrogens is 355 g/mol. The molecule has 0 saturated heterocycles. The second-order valence-corrected chi connectivity index (χ2v) is 8.75. The van der Waals surface area contributed by atoms with E-state index in [0.29, 0.717) is 24.4 Å². The summed E-state index contributed by atoms with van der Waals surface area (Å²) >= 11 is 6.10. The molecule has 0 aliphatic heterocycles. The van der Waals surface area contributed by atoms with Gasteiger partial charge in [-0.3, -0.25) is 4.79 Å². The summed E-state index contributed by atoms with van der Waals surface area (Å²) in [6.07, 6.45) is 5.58. The van der Waals surface area contributed by atoms with E-state index >= 15 is 0 Å². The van der Waals surface area contributed by atoms with Gasteiger partial charge in [0.25, 0.3) is 0 Å². The van der Waals surface area contributed by atoms with Gasteiger partial charge in [0.15, 0.2) is 0 Å². The predicted molar refractivity (Wildman–Crippen MR) is 106 cm³/mol. The molecule has 2 aliphatic rings. The van der Waals surface area contributed by atoms with Gasteiger partial charge in [-0.05, 0) is 55.2 Å². The number of amides is 1. The largest absolute Gasteiger partial charge is 0.355 e. The monoisotopic (exact) mass is 384 g/mol. The Balaban J connectivity index is 0.00000225. The van der Waals surface area contributed by atoms with E-state index in [2.05, 4.69) is 25.2 Å². The molecule has 2 aliphatic carbocycles. The maximum atomic E-state index is 12.7. The number of nitrogens with one attached hydrogen (secondary N) is 1. The van der Waals surface area contributed by atoms with Crippen LogP contribution in [0.15, 0.2) is 24.3 Å². The van der Waals surface area contributed by atoms with Crippen molar-refractivity contribution in [3.63, 3.8) is 0 Å². The third kappa shape index (κ3) is 4.69. The fourth-order valence-electron chi connectivity index (χ4n) is 4.47. The number of benzene rings is 1. The Hall–Kier alpha value is -0.770. The summed E-state index contributed by atoms with van der Waals surface area (Å²) < 4.78 is 0. The fraction of sp³-hybridized carbons (Fsp3) is 0.650. The van der Waals surface area contributed by atoms with E-state index in [-0.39, 0.29) is 29.6 Å². The normalized spacial score (nSPS) is 28.8. The van der Waals surface area contributed by atoms with E-state index in [1.807, 2.05) is 18.2 Å². The highest BCUT2D eigenvalue weighted by Crippen LogP contribution is 2.42. The lowest BCUT2D eigenvalue weighted by atomic mass is 9.65. The van der Waals surface area contributed by atoms with E-state index in [1.165, 1.54) is 19.3 Å². The minimum absolute atomic E-state index is 0. The number of fused-ring (bicyclic) bond motifs is 2. The van der Waals surface area contributed by atoms with Crippen LogP contribution in [-0.4, -0.2) is 18.5 Å². The topological polar surface area (TPSA) is 55.1 Å². The molecule has 1 aromatic carbocycles. The highest BCUT2D eigenvalue weighted by Gasteiger charge is 2.40. The zero-order chi connectivity index (χ0) is 17.3. The Morgan fingerprint density at radius 3 is 2.52 bits per heavy atom. The Kier molecular flexibility index (Phi) is 6.80. The van der Waals surface area contributed by atoms with E-state index in [4.69, 9.17) is 17.3 Å². The molecule has 25 heavy (non-hydrogen) atoms. The quantitative estimate of drug-likeness (QED) is 0.812. The van der Waals surface area contributed by atoms with E-state index in [0.717, 1.165) is 23.4 Å². The van der Waals surface area contributed by atoms with Crippen molar-refractivity contribution in [1.29, 1.82) is 0 Å². The molecule has 3 N–H and O–H groups in total. The zero-order valence-corrected chi connectivity index (χ0v) is 16.7. The molecule has 5 heteroatoms. The molecule has 1 aromatic rings. The second kappa shape index (κ2) is 8.28. The van der Waals surface area contributed by atoms with Crippen LogP contribution in [0, 0.1) is 17.8 Å². The number of carbonyl (C=O) groups is 1. The van der Waals surface area contributed by atoms with Gasteiger partial charge in [-0.25, -0.2) is 0 Å². The van der Waals surface area contributed by atoms with Gasteiger partial charge >= 0.3 is 0 Å². The standard InChI is InChI=1S/C20H29ClN2O.ClH/c1-20(2,16-7-4-8-17(21)11-16)12-23-19(24)15-9-13-5-3-6-14(10-15)18(13)22;/h4,7-8,11,13-15,18H,3,5-6,9-10,12,22H2,1-2H3,(H,23,24);1H. The van der Waals surface area contributed by atoms with Crippen LogP contribution in [-0.2, 0) is 10.2 Å². The molecule has 0 heterocycles. The average molecular weight is 385 g/mol. The van der Waals surface area contributed by atoms with E-state index in [9.17, 15) is 4.79 Å². The van der Waals surface area contributed by atoms with Gasteiger partial charge in [-0.1, -0.05) is 44.0 Å². The molecule has 1 amide bonds. The van der Waals surface area contributed by atoms with Crippen molar-refractivity contribution in [2.45, 2.75) is 57.4 Å². The minimum Gasteiger partial charge on any atom is -0.355 e. The number of carbonyl (C=O) groups excluding carboxylic acids is 1. The Morgan fingerprint density at radius 2 is 1.92 bits per heavy atom. The van der Waals surface area contributed by atoms with Crippen LogP contribution in [0.1, 0.15) is 51.5 Å². The van der Waals surface area contributed by atoms with Crippen LogP contribution in [0.4, 0.5) is 0 Å². The van der Waals surface area contributed by atoms with Crippen molar-refractivity contribution in [1.82, 2.24) is 5.32 Å². The summed E-state index contributed by atoms with van der Waals surface area (Å²) in [4.78, 5) is 12.7. The Bertz CT molecular complexity index is 591. The molecule has 140 valence electrons. The van der Waals surface area contributed by atoms with Gasteiger partial charge in [-0.2, -0.15) is 0 Å². The van der Waals surface area contributed by atoms with Crippen molar-refractivity contribution in [3.05, 3.63) is 34.9 Å². The molecule has 0 spiro atoms.